The van der Waals surface area contributed by atoms with Crippen LogP contribution in [-0.4, -0.2) is 41.9 Å². The van der Waals surface area contributed by atoms with Crippen LogP contribution in [-0.2, 0) is 9.53 Å². The minimum absolute atomic E-state index is 0.0946. The van der Waals surface area contributed by atoms with Crippen LogP contribution in [0.5, 0.6) is 0 Å². The maximum Gasteiger partial charge on any atom is 0.127 e. The third-order valence-electron chi connectivity index (χ3n) is 1.90. The molecule has 1 saturated heterocycles. The minimum Gasteiger partial charge on any atom is -0.394 e. The Hall–Kier alpha value is -0.450. The predicted molar refractivity (Wildman–Crippen MR) is 37.0 cm³/mol. The van der Waals surface area contributed by atoms with Gasteiger partial charge in [-0.05, 0) is 0 Å². The van der Waals surface area contributed by atoms with Crippen molar-refractivity contribution < 1.29 is 19.7 Å². The molecule has 0 aromatic heterocycles. The summed E-state index contributed by atoms with van der Waals surface area (Å²) in [6.07, 6.45) is 0.0811. The topological polar surface area (TPSA) is 66.8 Å². The summed E-state index contributed by atoms with van der Waals surface area (Å²) in [6.45, 7) is 0.124. The molecule has 0 unspecified atom stereocenters. The summed E-state index contributed by atoms with van der Waals surface area (Å²) in [7, 11) is 0. The smallest absolute Gasteiger partial charge is 0.127 e. The van der Waals surface area contributed by atoms with Crippen molar-refractivity contribution in [3.8, 4) is 0 Å². The molecule has 0 saturated carbocycles. The molecule has 2 N–H and O–H groups in total. The van der Waals surface area contributed by atoms with E-state index >= 15 is 0 Å². The Morgan fingerprint density at radius 1 is 1.64 bits per heavy atom. The number of aldehydes is 1. The van der Waals surface area contributed by atoms with E-state index in [9.17, 15) is 9.90 Å². The molecule has 1 aliphatic heterocycles. The lowest BCUT2D eigenvalue weighted by molar-refractivity contribution is -0.131. The Morgan fingerprint density at radius 3 is 2.82 bits per heavy atom. The number of hydrogen-bond acceptors (Lipinski definition) is 4. The van der Waals surface area contributed by atoms with E-state index in [-0.39, 0.29) is 19.3 Å². The van der Waals surface area contributed by atoms with E-state index < -0.39 is 12.0 Å². The van der Waals surface area contributed by atoms with E-state index in [0.717, 1.165) is 0 Å². The van der Waals surface area contributed by atoms with Crippen LogP contribution in [0.3, 0.4) is 0 Å². The van der Waals surface area contributed by atoms with Crippen molar-refractivity contribution in [2.75, 3.05) is 13.2 Å². The van der Waals surface area contributed by atoms with Gasteiger partial charge >= 0.3 is 0 Å². The first-order valence-electron chi connectivity index (χ1n) is 3.63. The summed E-state index contributed by atoms with van der Waals surface area (Å²) < 4.78 is 5.06. The fourth-order valence-corrected chi connectivity index (χ4v) is 1.13. The SMILES string of the molecule is O=C[C@H]1CO[C@H](CO)C[C@@H]1O. The lowest BCUT2D eigenvalue weighted by Crippen LogP contribution is -2.39. The Balaban J connectivity index is 2.40. The number of ether oxygens (including phenoxy) is 1. The number of aliphatic hydroxyl groups excluding tert-OH is 2. The molecule has 0 aliphatic carbocycles. The van der Waals surface area contributed by atoms with Gasteiger partial charge in [0, 0.05) is 6.42 Å². The molecule has 4 heteroatoms. The molecule has 0 bridgehead atoms. The van der Waals surface area contributed by atoms with Crippen molar-refractivity contribution >= 4 is 6.29 Å². The minimum atomic E-state index is -0.654. The number of aliphatic hydroxyl groups is 2. The molecule has 0 spiro atoms. The lowest BCUT2D eigenvalue weighted by atomic mass is 9.97. The molecule has 0 aromatic rings. The third kappa shape index (κ3) is 1.99. The van der Waals surface area contributed by atoms with Crippen molar-refractivity contribution in [3.05, 3.63) is 0 Å². The molecule has 11 heavy (non-hydrogen) atoms. The van der Waals surface area contributed by atoms with Gasteiger partial charge in [0.1, 0.15) is 6.29 Å². The zero-order chi connectivity index (χ0) is 8.27. The molecule has 64 valence electrons. The molecule has 1 rings (SSSR count). The van der Waals surface area contributed by atoms with Crippen LogP contribution < -0.4 is 0 Å². The van der Waals surface area contributed by atoms with Gasteiger partial charge in [-0.25, -0.2) is 0 Å². The zero-order valence-electron chi connectivity index (χ0n) is 6.14. The van der Waals surface area contributed by atoms with Crippen molar-refractivity contribution in [1.82, 2.24) is 0 Å². The molecule has 1 aliphatic rings. The molecule has 0 radical (unpaired) electrons. The molecule has 1 heterocycles. The molecular formula is C7H12O4. The lowest BCUT2D eigenvalue weighted by Gasteiger charge is -2.29. The van der Waals surface area contributed by atoms with Crippen LogP contribution in [0.25, 0.3) is 0 Å². The van der Waals surface area contributed by atoms with Gasteiger partial charge in [0.2, 0.25) is 0 Å². The van der Waals surface area contributed by atoms with Crippen LogP contribution in [0.2, 0.25) is 0 Å². The van der Waals surface area contributed by atoms with Crippen LogP contribution in [0.15, 0.2) is 0 Å². The first kappa shape index (κ1) is 8.64. The van der Waals surface area contributed by atoms with E-state index in [2.05, 4.69) is 0 Å². The standard InChI is InChI=1S/C7H12O4/c8-2-5-4-11-6(3-9)1-7(5)10/h2,5-7,9-10H,1,3-4H2/t5-,6-,7-/m0/s1. The third-order valence-corrected chi connectivity index (χ3v) is 1.90. The predicted octanol–water partition coefficient (Wildman–Crippen LogP) is -1.06. The summed E-state index contributed by atoms with van der Waals surface area (Å²) >= 11 is 0. The second kappa shape index (κ2) is 3.80. The number of rotatable bonds is 2. The highest BCUT2D eigenvalue weighted by Crippen LogP contribution is 2.17. The fraction of sp³-hybridized carbons (Fsp3) is 0.857. The monoisotopic (exact) mass is 160 g/mol. The van der Waals surface area contributed by atoms with Crippen molar-refractivity contribution in [3.63, 3.8) is 0 Å². The van der Waals surface area contributed by atoms with Gasteiger partial charge in [0.25, 0.3) is 0 Å². The van der Waals surface area contributed by atoms with Gasteiger partial charge in [0.15, 0.2) is 0 Å². The zero-order valence-corrected chi connectivity index (χ0v) is 6.14. The highest BCUT2D eigenvalue weighted by molar-refractivity contribution is 5.54. The number of hydrogen-bond donors (Lipinski definition) is 2. The molecule has 0 amide bonds. The maximum atomic E-state index is 10.3. The van der Waals surface area contributed by atoms with E-state index in [1.807, 2.05) is 0 Å². The normalized spacial score (nSPS) is 38.5. The average molecular weight is 160 g/mol. The van der Waals surface area contributed by atoms with Crippen LogP contribution in [0.4, 0.5) is 0 Å². The Kier molecular flexibility index (Phi) is 2.99. The first-order chi connectivity index (χ1) is 5.27. The highest BCUT2D eigenvalue weighted by atomic mass is 16.5. The summed E-state index contributed by atoms with van der Waals surface area (Å²) in [5.41, 5.74) is 0. The largest absolute Gasteiger partial charge is 0.394 e. The van der Waals surface area contributed by atoms with Gasteiger partial charge in [-0.1, -0.05) is 0 Å². The summed E-state index contributed by atoms with van der Waals surface area (Å²) in [5, 5.41) is 17.9. The van der Waals surface area contributed by atoms with Crippen LogP contribution in [0.1, 0.15) is 6.42 Å². The molecule has 1 fully saturated rings. The molecule has 4 nitrogen and oxygen atoms in total. The summed E-state index contributed by atoms with van der Waals surface area (Å²) in [6, 6.07) is 0. The van der Waals surface area contributed by atoms with Gasteiger partial charge in [-0.15, -0.1) is 0 Å². The average Bonchev–Trinajstić information content (AvgIpc) is 2.04. The molecule has 3 atom stereocenters. The quantitative estimate of drug-likeness (QED) is 0.505. The van der Waals surface area contributed by atoms with Gasteiger partial charge in [-0.2, -0.15) is 0 Å². The second-order valence-electron chi connectivity index (χ2n) is 2.74. The second-order valence-corrected chi connectivity index (χ2v) is 2.74. The fourth-order valence-electron chi connectivity index (χ4n) is 1.13. The number of carbonyl (C=O) groups excluding carboxylic acids is 1. The van der Waals surface area contributed by atoms with Crippen LogP contribution in [0, 0.1) is 5.92 Å². The summed E-state index contributed by atoms with van der Waals surface area (Å²) in [5.74, 6) is -0.419. The summed E-state index contributed by atoms with van der Waals surface area (Å²) in [4.78, 5) is 10.3. The van der Waals surface area contributed by atoms with Crippen LogP contribution >= 0.6 is 0 Å². The van der Waals surface area contributed by atoms with E-state index in [1.54, 1.807) is 0 Å². The van der Waals surface area contributed by atoms with Gasteiger partial charge in [-0.3, -0.25) is 0 Å². The van der Waals surface area contributed by atoms with E-state index in [0.29, 0.717) is 12.7 Å². The van der Waals surface area contributed by atoms with Gasteiger partial charge in [0.05, 0.1) is 31.3 Å². The van der Waals surface area contributed by atoms with Crippen molar-refractivity contribution in [2.45, 2.75) is 18.6 Å². The molecule has 0 aromatic carbocycles. The van der Waals surface area contributed by atoms with Gasteiger partial charge < -0.3 is 19.7 Å². The van der Waals surface area contributed by atoms with E-state index in [1.165, 1.54) is 0 Å². The number of carbonyl (C=O) groups is 1. The van der Waals surface area contributed by atoms with E-state index in [4.69, 9.17) is 9.84 Å². The molecular weight excluding hydrogens is 148 g/mol. The van der Waals surface area contributed by atoms with Crippen molar-refractivity contribution in [2.24, 2.45) is 5.92 Å². The Labute approximate surface area is 64.8 Å². The maximum absolute atomic E-state index is 10.3. The highest BCUT2D eigenvalue weighted by Gasteiger charge is 2.28. The first-order valence-corrected chi connectivity index (χ1v) is 3.63. The Bertz CT molecular complexity index is 136. The van der Waals surface area contributed by atoms with Crippen molar-refractivity contribution in [1.29, 1.82) is 0 Å². The Morgan fingerprint density at radius 2 is 2.36 bits per heavy atom.